The van der Waals surface area contributed by atoms with Crippen LogP contribution in [0.25, 0.3) is 0 Å². The lowest BCUT2D eigenvalue weighted by Gasteiger charge is -2.26. The van der Waals surface area contributed by atoms with Crippen LogP contribution in [0, 0.1) is 0 Å². The van der Waals surface area contributed by atoms with Crippen LogP contribution in [0.4, 0.5) is 0 Å². The fourth-order valence-corrected chi connectivity index (χ4v) is 8.46. The number of benzene rings is 1. The third kappa shape index (κ3) is 29.2. The minimum atomic E-state index is -0.338. The van der Waals surface area contributed by atoms with E-state index in [1.807, 2.05) is 0 Å². The van der Waals surface area contributed by atoms with Crippen molar-refractivity contribution in [2.75, 3.05) is 0 Å². The third-order valence-corrected chi connectivity index (χ3v) is 12.1. The summed E-state index contributed by atoms with van der Waals surface area (Å²) in [7, 11) is 0. The van der Waals surface area contributed by atoms with E-state index >= 15 is 0 Å². The van der Waals surface area contributed by atoms with E-state index in [1.54, 1.807) is 5.56 Å². The Labute approximate surface area is 380 Å². The van der Waals surface area contributed by atoms with Crippen LogP contribution < -0.4 is 4.74 Å². The Morgan fingerprint density at radius 1 is 0.344 bits per heavy atom. The van der Waals surface area contributed by atoms with Gasteiger partial charge in [-0.2, -0.15) is 0 Å². The summed E-state index contributed by atoms with van der Waals surface area (Å²) in [5.74, 6) is 0.514. The summed E-state index contributed by atoms with van der Waals surface area (Å²) in [5, 5.41) is 0. The molecular weight excluding hydrogens is 741 g/mol. The van der Waals surface area contributed by atoms with Gasteiger partial charge in [-0.1, -0.05) is 198 Å². The molecule has 1 rings (SSSR count). The highest BCUT2D eigenvalue weighted by Gasteiger charge is 2.25. The molecule has 2 nitrogen and oxygen atoms in total. The maximum absolute atomic E-state index is 13.3. The van der Waals surface area contributed by atoms with Gasteiger partial charge in [0, 0.05) is 6.08 Å². The number of allylic oxidation sites excluding steroid dienone is 10. The van der Waals surface area contributed by atoms with Gasteiger partial charge >= 0.3 is 5.97 Å². The van der Waals surface area contributed by atoms with Crippen molar-refractivity contribution in [2.45, 2.75) is 259 Å². The largest absolute Gasteiger partial charge is 0.423 e. The van der Waals surface area contributed by atoms with Crippen molar-refractivity contribution in [2.24, 2.45) is 0 Å². The third-order valence-electron chi connectivity index (χ3n) is 12.1. The van der Waals surface area contributed by atoms with Gasteiger partial charge in [-0.15, -0.1) is 0 Å². The standard InChI is InChI=1S/C59H98O2/c1-7-13-18-23-28-33-38-43-48-53-54(49-44-39-34-29-24-19-14-8-2)56(51-46-41-36-31-26-21-16-10-4)59(61-58(60)12-6)57(52-47-42-37-32-27-22-17-11-5)55(53)50-45-40-35-30-25-20-15-9-3/h12,33-42H,6-11,13-32,43-52H2,1-5H3/b38-33+,39-34+,40-35+,41-36+,42-37+. The fraction of sp³-hybridized carbons (Fsp3) is 0.678. The smallest absolute Gasteiger partial charge is 0.335 e. The molecule has 0 bridgehead atoms. The van der Waals surface area contributed by atoms with Crippen molar-refractivity contribution in [3.8, 4) is 5.75 Å². The summed E-state index contributed by atoms with van der Waals surface area (Å²) < 4.78 is 6.51. The minimum Gasteiger partial charge on any atom is -0.423 e. The van der Waals surface area contributed by atoms with E-state index in [-0.39, 0.29) is 5.97 Å². The number of carbonyl (C=O) groups excluding carboxylic acids is 1. The number of rotatable bonds is 42. The van der Waals surface area contributed by atoms with Crippen LogP contribution in [0.2, 0.25) is 0 Å². The molecule has 0 N–H and O–H groups in total. The molecule has 346 valence electrons. The van der Waals surface area contributed by atoms with Crippen molar-refractivity contribution in [3.63, 3.8) is 0 Å². The van der Waals surface area contributed by atoms with Gasteiger partial charge in [0.25, 0.3) is 0 Å². The molecule has 0 atom stereocenters. The molecule has 0 aliphatic rings. The van der Waals surface area contributed by atoms with Crippen molar-refractivity contribution in [1.29, 1.82) is 0 Å². The predicted octanol–water partition coefficient (Wildman–Crippen LogP) is 19.1. The summed E-state index contributed by atoms with van der Waals surface area (Å²) in [6.07, 6.45) is 67.0. The number of unbranched alkanes of at least 4 members (excludes halogenated alkanes) is 20. The first-order valence-electron chi connectivity index (χ1n) is 26.4. The molecule has 0 aliphatic carbocycles. The quantitative estimate of drug-likeness (QED) is 0.0216. The average molecular weight is 839 g/mol. The highest BCUT2D eigenvalue weighted by molar-refractivity contribution is 5.84. The molecule has 0 unspecified atom stereocenters. The van der Waals surface area contributed by atoms with Gasteiger partial charge in [-0.3, -0.25) is 0 Å². The second kappa shape index (κ2) is 42.4. The minimum absolute atomic E-state index is 0.338. The van der Waals surface area contributed by atoms with E-state index in [1.165, 1.54) is 163 Å². The lowest BCUT2D eigenvalue weighted by atomic mass is 9.81. The monoisotopic (exact) mass is 839 g/mol. The second-order valence-corrected chi connectivity index (χ2v) is 17.6. The lowest BCUT2D eigenvalue weighted by molar-refractivity contribution is -0.129. The number of ether oxygens (including phenoxy) is 1. The lowest BCUT2D eigenvalue weighted by Crippen LogP contribution is -2.16. The molecule has 0 amide bonds. The highest BCUT2D eigenvalue weighted by atomic mass is 16.5. The average Bonchev–Trinajstić information content (AvgIpc) is 3.27. The maximum Gasteiger partial charge on any atom is 0.335 e. The van der Waals surface area contributed by atoms with E-state index in [0.29, 0.717) is 0 Å². The van der Waals surface area contributed by atoms with E-state index in [9.17, 15) is 4.79 Å². The molecule has 0 fully saturated rings. The van der Waals surface area contributed by atoms with Crippen LogP contribution in [0.3, 0.4) is 0 Å². The number of carbonyl (C=O) groups is 1. The molecule has 0 spiro atoms. The van der Waals surface area contributed by atoms with Crippen molar-refractivity contribution in [1.82, 2.24) is 0 Å². The Morgan fingerprint density at radius 3 is 0.820 bits per heavy atom. The van der Waals surface area contributed by atoms with Crippen molar-refractivity contribution < 1.29 is 9.53 Å². The number of hydrogen-bond donors (Lipinski definition) is 0. The van der Waals surface area contributed by atoms with E-state index in [2.05, 4.69) is 102 Å². The molecule has 0 heterocycles. The van der Waals surface area contributed by atoms with Crippen LogP contribution in [-0.2, 0) is 36.9 Å². The van der Waals surface area contributed by atoms with E-state index < -0.39 is 0 Å². The Bertz CT molecular complexity index is 1280. The van der Waals surface area contributed by atoms with Gasteiger partial charge in [0.1, 0.15) is 5.75 Å². The van der Waals surface area contributed by atoms with Gasteiger partial charge in [-0.05, 0) is 156 Å². The molecule has 0 saturated heterocycles. The maximum atomic E-state index is 13.3. The first-order chi connectivity index (χ1) is 30.1. The zero-order valence-corrected chi connectivity index (χ0v) is 41.1. The Hall–Kier alpha value is -2.87. The molecular formula is C59H98O2. The second-order valence-electron chi connectivity index (χ2n) is 17.6. The summed E-state index contributed by atoms with van der Waals surface area (Å²) in [6, 6.07) is 0. The Morgan fingerprint density at radius 2 is 0.574 bits per heavy atom. The Kier molecular flexibility index (Phi) is 39.1. The summed E-state index contributed by atoms with van der Waals surface area (Å²) in [6.45, 7) is 15.3. The zero-order chi connectivity index (χ0) is 44.3. The molecule has 2 heteroatoms. The first-order valence-corrected chi connectivity index (χ1v) is 26.4. The first kappa shape index (κ1) is 56.1. The molecule has 0 aliphatic heterocycles. The molecule has 0 saturated carbocycles. The van der Waals surface area contributed by atoms with Crippen molar-refractivity contribution in [3.05, 3.63) is 101 Å². The van der Waals surface area contributed by atoms with Gasteiger partial charge in [0.05, 0.1) is 0 Å². The number of hydrogen-bond acceptors (Lipinski definition) is 2. The van der Waals surface area contributed by atoms with E-state index in [0.717, 1.165) is 95.6 Å². The molecule has 1 aromatic rings. The van der Waals surface area contributed by atoms with Gasteiger partial charge in [0.2, 0.25) is 0 Å². The number of esters is 1. The molecule has 0 aromatic heterocycles. The van der Waals surface area contributed by atoms with Crippen LogP contribution in [-0.4, -0.2) is 5.97 Å². The van der Waals surface area contributed by atoms with Crippen LogP contribution in [0.15, 0.2) is 73.4 Å². The topological polar surface area (TPSA) is 26.3 Å². The normalized spacial score (nSPS) is 12.1. The van der Waals surface area contributed by atoms with Gasteiger partial charge in [0.15, 0.2) is 0 Å². The molecule has 1 aromatic carbocycles. The van der Waals surface area contributed by atoms with E-state index in [4.69, 9.17) is 4.74 Å². The summed E-state index contributed by atoms with van der Waals surface area (Å²) >= 11 is 0. The van der Waals surface area contributed by atoms with Crippen molar-refractivity contribution >= 4 is 5.97 Å². The van der Waals surface area contributed by atoms with Crippen LogP contribution in [0.5, 0.6) is 5.75 Å². The summed E-state index contributed by atoms with van der Waals surface area (Å²) in [4.78, 5) is 13.3. The summed E-state index contributed by atoms with van der Waals surface area (Å²) in [5.41, 5.74) is 6.98. The fourth-order valence-electron chi connectivity index (χ4n) is 8.46. The zero-order valence-electron chi connectivity index (χ0n) is 41.1. The SMILES string of the molecule is C=CC(=O)Oc1c(CC/C=C/CCCCCC)c(CC/C=C/CCCCCC)c(CC/C=C/CCCCCC)c(CC/C=C/CCCCCC)c1CC/C=C/CCCCCC. The van der Waals surface area contributed by atoms with Crippen LogP contribution >= 0.6 is 0 Å². The van der Waals surface area contributed by atoms with Gasteiger partial charge in [-0.25, -0.2) is 4.79 Å². The highest BCUT2D eigenvalue weighted by Crippen LogP contribution is 2.39. The van der Waals surface area contributed by atoms with Gasteiger partial charge < -0.3 is 4.74 Å². The van der Waals surface area contributed by atoms with Crippen LogP contribution in [0.1, 0.15) is 255 Å². The predicted molar refractivity (Wildman–Crippen MR) is 273 cm³/mol. The Balaban J connectivity index is 3.87. The molecule has 0 radical (unpaired) electrons. The molecule has 61 heavy (non-hydrogen) atoms.